The summed E-state index contributed by atoms with van der Waals surface area (Å²) in [4.78, 5) is 42.8. The lowest BCUT2D eigenvalue weighted by molar-refractivity contribution is -0.125. The first-order valence-electron chi connectivity index (χ1n) is 11.5. The van der Waals surface area contributed by atoms with Crippen LogP contribution in [0.2, 0.25) is 5.02 Å². The second-order valence-electron chi connectivity index (χ2n) is 8.51. The van der Waals surface area contributed by atoms with Crippen LogP contribution in [0.25, 0.3) is 6.08 Å². The number of nitrogens with zero attached hydrogens (tertiary/aromatic N) is 1. The van der Waals surface area contributed by atoms with Gasteiger partial charge in [-0.15, -0.1) is 11.3 Å². The van der Waals surface area contributed by atoms with Crippen LogP contribution in [-0.2, 0) is 20.9 Å². The average Bonchev–Trinajstić information content (AvgIpc) is 3.08. The zero-order chi connectivity index (χ0) is 26.5. The first-order chi connectivity index (χ1) is 17.7. The molecule has 190 valence electrons. The Kier molecular flexibility index (Phi) is 8.17. The van der Waals surface area contributed by atoms with Gasteiger partial charge in [-0.3, -0.25) is 24.6 Å². The zero-order valence-corrected chi connectivity index (χ0v) is 21.7. The molecule has 3 amide bonds. The van der Waals surface area contributed by atoms with Crippen LogP contribution < -0.4 is 16.1 Å². The molecule has 0 spiro atoms. The predicted octanol–water partition coefficient (Wildman–Crippen LogP) is 4.40. The van der Waals surface area contributed by atoms with Crippen molar-refractivity contribution >= 4 is 57.4 Å². The van der Waals surface area contributed by atoms with Crippen molar-refractivity contribution in [3.05, 3.63) is 92.3 Å². The summed E-state index contributed by atoms with van der Waals surface area (Å²) in [6.45, 7) is 4.27. The summed E-state index contributed by atoms with van der Waals surface area (Å²) in [6, 6.07) is 13.6. The lowest BCUT2D eigenvalue weighted by Gasteiger charge is -2.12. The lowest BCUT2D eigenvalue weighted by Crippen LogP contribution is -2.33. The Hall–Kier alpha value is -3.79. The molecular weight excluding hydrogens is 512 g/mol. The molecule has 4 N–H and O–H groups in total. The number of fused-ring (bicyclic) bond motifs is 1. The minimum absolute atomic E-state index is 0.104. The SMILES string of the molecule is Cc1sc2c(c1C)C(c1ccc(Cl)cc1)=N[C@@H](CC(=O)NCc1ccc(/C=C/C(=O)NO)cc1)C(=O)N2. The van der Waals surface area contributed by atoms with Crippen molar-refractivity contribution in [2.24, 2.45) is 4.99 Å². The van der Waals surface area contributed by atoms with Crippen LogP contribution in [0.5, 0.6) is 0 Å². The van der Waals surface area contributed by atoms with E-state index in [0.29, 0.717) is 10.7 Å². The monoisotopic (exact) mass is 536 g/mol. The number of hydrogen-bond acceptors (Lipinski definition) is 6. The van der Waals surface area contributed by atoms with Gasteiger partial charge in [-0.1, -0.05) is 48.0 Å². The van der Waals surface area contributed by atoms with Crippen molar-refractivity contribution in [2.45, 2.75) is 32.9 Å². The van der Waals surface area contributed by atoms with Gasteiger partial charge in [0.1, 0.15) is 11.0 Å². The Balaban J connectivity index is 1.49. The third-order valence-electron chi connectivity index (χ3n) is 5.95. The van der Waals surface area contributed by atoms with Crippen LogP contribution in [0.4, 0.5) is 5.00 Å². The standard InChI is InChI=1S/C27H25ClN4O4S/c1-15-16(2)37-27-24(15)25(19-8-10-20(28)11-9-19)30-21(26(35)31-27)13-23(34)29-14-18-5-3-17(4-6-18)7-12-22(33)32-36/h3-12,21,36H,13-14H2,1-2H3,(H,29,34)(H,31,35)(H,32,33)/b12-7+/t21-/m0/s1. The van der Waals surface area contributed by atoms with Crippen molar-refractivity contribution in [2.75, 3.05) is 5.32 Å². The normalized spacial score (nSPS) is 15.0. The maximum atomic E-state index is 13.0. The molecule has 1 aromatic heterocycles. The Bertz CT molecular complexity index is 1400. The lowest BCUT2D eigenvalue weighted by atomic mass is 10.00. The first-order valence-corrected chi connectivity index (χ1v) is 12.7. The van der Waals surface area contributed by atoms with Crippen molar-refractivity contribution in [1.29, 1.82) is 0 Å². The van der Waals surface area contributed by atoms with Crippen LogP contribution in [0.1, 0.15) is 39.1 Å². The van der Waals surface area contributed by atoms with Gasteiger partial charge < -0.3 is 10.6 Å². The van der Waals surface area contributed by atoms with E-state index in [1.54, 1.807) is 30.3 Å². The smallest absolute Gasteiger partial charge is 0.267 e. The Labute approximate surface area is 223 Å². The van der Waals surface area contributed by atoms with Gasteiger partial charge in [-0.05, 0) is 48.7 Å². The van der Waals surface area contributed by atoms with Crippen molar-refractivity contribution < 1.29 is 19.6 Å². The minimum Gasteiger partial charge on any atom is -0.352 e. The maximum Gasteiger partial charge on any atom is 0.267 e. The molecule has 1 aliphatic heterocycles. The van der Waals surface area contributed by atoms with Crippen molar-refractivity contribution in [1.82, 2.24) is 10.8 Å². The van der Waals surface area contributed by atoms with E-state index in [-0.39, 0.29) is 24.8 Å². The van der Waals surface area contributed by atoms with Crippen molar-refractivity contribution in [3.8, 4) is 0 Å². The second kappa shape index (κ2) is 11.5. The highest BCUT2D eigenvalue weighted by Gasteiger charge is 2.30. The molecule has 0 saturated carbocycles. The fraction of sp³-hybridized carbons (Fsp3) is 0.185. The third kappa shape index (κ3) is 6.32. The largest absolute Gasteiger partial charge is 0.352 e. The molecule has 4 rings (SSSR count). The molecule has 8 nitrogen and oxygen atoms in total. The molecular formula is C27H25ClN4O4S. The van der Waals surface area contributed by atoms with E-state index in [1.165, 1.54) is 22.9 Å². The van der Waals surface area contributed by atoms with Crippen LogP contribution in [0, 0.1) is 13.8 Å². The molecule has 0 unspecified atom stereocenters. The Morgan fingerprint density at radius 2 is 1.84 bits per heavy atom. The molecule has 37 heavy (non-hydrogen) atoms. The number of hydroxylamine groups is 1. The number of benzene rings is 2. The van der Waals surface area contributed by atoms with Crippen LogP contribution >= 0.6 is 22.9 Å². The van der Waals surface area contributed by atoms with Gasteiger partial charge in [0, 0.05) is 33.6 Å². The summed E-state index contributed by atoms with van der Waals surface area (Å²) in [7, 11) is 0. The van der Waals surface area contributed by atoms with Gasteiger partial charge in [-0.2, -0.15) is 0 Å². The van der Waals surface area contributed by atoms with Crippen molar-refractivity contribution in [3.63, 3.8) is 0 Å². The zero-order valence-electron chi connectivity index (χ0n) is 20.2. The highest BCUT2D eigenvalue weighted by Crippen LogP contribution is 2.36. The summed E-state index contributed by atoms with van der Waals surface area (Å²) < 4.78 is 0. The van der Waals surface area contributed by atoms with Crippen LogP contribution in [-0.4, -0.2) is 34.7 Å². The summed E-state index contributed by atoms with van der Waals surface area (Å²) in [5.74, 6) is -1.26. The number of aliphatic imine (C=N–C) groups is 1. The van der Waals surface area contributed by atoms with E-state index in [0.717, 1.165) is 37.7 Å². The molecule has 2 heterocycles. The van der Waals surface area contributed by atoms with Gasteiger partial charge in [0.05, 0.1) is 12.1 Å². The first kappa shape index (κ1) is 26.3. The molecule has 0 aliphatic carbocycles. The molecule has 3 aromatic rings. The Morgan fingerprint density at radius 3 is 2.51 bits per heavy atom. The highest BCUT2D eigenvalue weighted by molar-refractivity contribution is 7.17. The average molecular weight is 537 g/mol. The fourth-order valence-electron chi connectivity index (χ4n) is 3.84. The van der Waals surface area contributed by atoms with Crippen LogP contribution in [0.3, 0.4) is 0 Å². The number of halogens is 1. The molecule has 1 atom stereocenters. The number of carbonyl (C=O) groups is 3. The maximum absolute atomic E-state index is 13.0. The number of hydrogen-bond donors (Lipinski definition) is 4. The number of thiophene rings is 1. The number of carbonyl (C=O) groups excluding carboxylic acids is 3. The van der Waals surface area contributed by atoms with E-state index in [1.807, 2.05) is 38.1 Å². The number of amides is 3. The summed E-state index contributed by atoms with van der Waals surface area (Å²) >= 11 is 7.57. The highest BCUT2D eigenvalue weighted by atomic mass is 35.5. The predicted molar refractivity (Wildman–Crippen MR) is 145 cm³/mol. The number of rotatable bonds is 7. The number of anilines is 1. The van der Waals surface area contributed by atoms with Gasteiger partial charge in [0.2, 0.25) is 11.8 Å². The molecule has 1 aliphatic rings. The van der Waals surface area contributed by atoms with Crippen LogP contribution in [0.15, 0.2) is 59.6 Å². The number of aryl methyl sites for hydroxylation is 1. The quantitative estimate of drug-likeness (QED) is 0.203. The molecule has 0 fully saturated rings. The summed E-state index contributed by atoms with van der Waals surface area (Å²) in [6.07, 6.45) is 2.65. The molecule has 10 heteroatoms. The van der Waals surface area contributed by atoms with Gasteiger partial charge >= 0.3 is 0 Å². The fourth-order valence-corrected chi connectivity index (χ4v) is 5.03. The second-order valence-corrected chi connectivity index (χ2v) is 10.2. The summed E-state index contributed by atoms with van der Waals surface area (Å²) in [5, 5.41) is 15.7. The third-order valence-corrected chi connectivity index (χ3v) is 7.32. The van der Waals surface area contributed by atoms with E-state index >= 15 is 0 Å². The van der Waals surface area contributed by atoms with E-state index in [9.17, 15) is 14.4 Å². The number of nitrogens with one attached hydrogen (secondary N) is 3. The molecule has 2 aromatic carbocycles. The summed E-state index contributed by atoms with van der Waals surface area (Å²) in [5.41, 5.74) is 6.51. The van der Waals surface area contributed by atoms with Gasteiger partial charge in [-0.25, -0.2) is 5.48 Å². The van der Waals surface area contributed by atoms with E-state index in [4.69, 9.17) is 21.8 Å². The van der Waals surface area contributed by atoms with Gasteiger partial charge in [0.15, 0.2) is 0 Å². The van der Waals surface area contributed by atoms with E-state index in [2.05, 4.69) is 10.6 Å². The van der Waals surface area contributed by atoms with E-state index < -0.39 is 11.9 Å². The molecule has 0 radical (unpaired) electrons. The molecule has 0 bridgehead atoms. The minimum atomic E-state index is -0.893. The topological polar surface area (TPSA) is 120 Å². The van der Waals surface area contributed by atoms with Gasteiger partial charge in [0.25, 0.3) is 5.91 Å². The molecule has 0 saturated heterocycles. The Morgan fingerprint density at radius 1 is 1.14 bits per heavy atom.